The quantitative estimate of drug-likeness (QED) is 0.454. The van der Waals surface area contributed by atoms with Crippen LogP contribution in [0.3, 0.4) is 0 Å². The first-order valence-corrected chi connectivity index (χ1v) is 13.4. The summed E-state index contributed by atoms with van der Waals surface area (Å²) in [7, 11) is 0. The number of rotatable bonds is 8. The molecule has 0 spiro atoms. The summed E-state index contributed by atoms with van der Waals surface area (Å²) < 4.78 is 16.1. The Bertz CT molecular complexity index is 953. The summed E-state index contributed by atoms with van der Waals surface area (Å²) in [5.74, 6) is -0.283. The predicted octanol–water partition coefficient (Wildman–Crippen LogP) is 2.91. The highest BCUT2D eigenvalue weighted by molar-refractivity contribution is 9.10. The van der Waals surface area contributed by atoms with Crippen LogP contribution in [0.2, 0.25) is 0 Å². The first kappa shape index (κ1) is 26.9. The monoisotopic (exact) mass is 569 g/mol. The van der Waals surface area contributed by atoms with Crippen LogP contribution in [0.5, 0.6) is 0 Å². The van der Waals surface area contributed by atoms with Gasteiger partial charge in [0.15, 0.2) is 0 Å². The summed E-state index contributed by atoms with van der Waals surface area (Å²) in [5, 5.41) is 4.45. The van der Waals surface area contributed by atoms with Crippen LogP contribution in [0.1, 0.15) is 71.5 Å². The Balaban J connectivity index is 1.61. The predicted molar refractivity (Wildman–Crippen MR) is 132 cm³/mol. The summed E-state index contributed by atoms with van der Waals surface area (Å²) in [6.45, 7) is 8.94. The van der Waals surface area contributed by atoms with Crippen molar-refractivity contribution in [1.82, 2.24) is 25.6 Å². The molecule has 2 N–H and O–H groups in total. The van der Waals surface area contributed by atoms with Crippen LogP contribution in [0.4, 0.5) is 4.79 Å². The Morgan fingerprint density at radius 1 is 1.28 bits per heavy atom. The molecule has 3 atom stereocenters. The topological polar surface area (TPSA) is 126 Å². The lowest BCUT2D eigenvalue weighted by molar-refractivity contribution is -0.161. The molecule has 1 aromatic heterocycles. The zero-order valence-corrected chi connectivity index (χ0v) is 22.9. The van der Waals surface area contributed by atoms with Crippen LogP contribution in [0, 0.1) is 5.92 Å². The summed E-state index contributed by atoms with van der Waals surface area (Å²) in [5.41, 5.74) is 3.08. The van der Waals surface area contributed by atoms with Crippen LogP contribution < -0.4 is 10.7 Å². The van der Waals surface area contributed by atoms with Crippen LogP contribution in [-0.2, 0) is 19.1 Å². The van der Waals surface area contributed by atoms with Crippen molar-refractivity contribution < 1.29 is 28.3 Å². The molecule has 4 fully saturated rings. The van der Waals surface area contributed by atoms with Crippen molar-refractivity contribution in [1.29, 1.82) is 0 Å². The van der Waals surface area contributed by atoms with Gasteiger partial charge in [0, 0.05) is 28.0 Å². The van der Waals surface area contributed by atoms with Gasteiger partial charge in [0.25, 0.3) is 10.7 Å². The third-order valence-electron chi connectivity index (χ3n) is 6.90. The molecular formula is C24H36BrN5O6. The van der Waals surface area contributed by atoms with Crippen molar-refractivity contribution in [3.05, 3.63) is 16.8 Å². The number of aromatic nitrogens is 1. The van der Waals surface area contributed by atoms with E-state index < -0.39 is 23.8 Å². The van der Waals surface area contributed by atoms with Gasteiger partial charge in [-0.25, -0.2) is 15.2 Å². The van der Waals surface area contributed by atoms with Gasteiger partial charge in [-0.3, -0.25) is 19.5 Å². The van der Waals surface area contributed by atoms with Crippen molar-refractivity contribution in [3.63, 3.8) is 0 Å². The molecule has 4 heterocycles. The smallest absolute Gasteiger partial charge is 0.408 e. The first-order chi connectivity index (χ1) is 17.1. The molecule has 5 rings (SSSR count). The number of hydrazine groups is 1. The van der Waals surface area contributed by atoms with Gasteiger partial charge in [-0.2, -0.15) is 0 Å². The van der Waals surface area contributed by atoms with Crippen LogP contribution in [0.25, 0.3) is 0 Å². The third kappa shape index (κ3) is 6.20. The highest BCUT2D eigenvalue weighted by Crippen LogP contribution is 2.40. The van der Waals surface area contributed by atoms with E-state index in [1.807, 2.05) is 0 Å². The lowest BCUT2D eigenvalue weighted by Crippen LogP contribution is -2.70. The zero-order valence-electron chi connectivity index (χ0n) is 21.3. The van der Waals surface area contributed by atoms with E-state index in [4.69, 9.17) is 13.9 Å². The van der Waals surface area contributed by atoms with E-state index in [2.05, 4.69) is 36.6 Å². The summed E-state index contributed by atoms with van der Waals surface area (Å²) in [4.78, 5) is 46.1. The lowest BCUT2D eigenvalue weighted by Gasteiger charge is -2.54. The Morgan fingerprint density at radius 2 is 1.97 bits per heavy atom. The molecule has 0 unspecified atom stereocenters. The number of amides is 2. The second kappa shape index (κ2) is 11.1. The molecule has 1 saturated carbocycles. The molecule has 0 aromatic carbocycles. The van der Waals surface area contributed by atoms with Gasteiger partial charge in [-0.1, -0.05) is 0 Å². The number of ether oxygens (including phenoxy) is 2. The molecule has 3 aliphatic heterocycles. The number of halogens is 1. The summed E-state index contributed by atoms with van der Waals surface area (Å²) >= 11 is 3.26. The fraction of sp³-hybridized carbons (Fsp3) is 0.750. The third-order valence-corrected chi connectivity index (χ3v) is 7.27. The van der Waals surface area contributed by atoms with Crippen LogP contribution in [0.15, 0.2) is 15.5 Å². The maximum atomic E-state index is 14.1. The molecule has 2 amide bonds. The maximum Gasteiger partial charge on any atom is 0.408 e. The minimum Gasteiger partial charge on any atom is -0.466 e. The Morgan fingerprint density at radius 3 is 2.56 bits per heavy atom. The zero-order chi connectivity index (χ0) is 26.0. The van der Waals surface area contributed by atoms with Gasteiger partial charge in [0.1, 0.15) is 17.9 Å². The van der Waals surface area contributed by atoms with E-state index >= 15 is 0 Å². The summed E-state index contributed by atoms with van der Waals surface area (Å²) in [6.07, 6.45) is 4.58. The number of nitrogens with zero attached hydrogens (tertiary/aromatic N) is 3. The average molecular weight is 570 g/mol. The average Bonchev–Trinajstić information content (AvgIpc) is 3.43. The maximum absolute atomic E-state index is 14.1. The molecule has 36 heavy (non-hydrogen) atoms. The molecule has 4 aliphatic rings. The van der Waals surface area contributed by atoms with Gasteiger partial charge < -0.3 is 19.2 Å². The number of nitrogens with one attached hydrogen (secondary N) is 2. The second-order valence-electron chi connectivity index (χ2n) is 10.7. The molecule has 11 nitrogen and oxygen atoms in total. The number of carbonyl (C=O) groups excluding carboxylic acids is 3. The standard InChI is InChI=1S/C24H36BrN5O6/c1-5-34-18(31)12-16-14-10-15(11-14)30(28-16)21(32)19(27-23(33)36-24(2,3)4)20(29-8-6-7-9-29)17-13-35-22(25)26-17/h13-16,19-20,28H,5-12H2,1-4H3,(H,27,33)/t14?,15?,16-,19+,20-/m1/s1. The van der Waals surface area contributed by atoms with E-state index in [1.54, 1.807) is 32.7 Å². The van der Waals surface area contributed by atoms with E-state index in [-0.39, 0.29) is 30.4 Å². The first-order valence-electron chi connectivity index (χ1n) is 12.6. The number of hydrogen-bond acceptors (Lipinski definition) is 9. The Kier molecular flexibility index (Phi) is 8.25. The summed E-state index contributed by atoms with van der Waals surface area (Å²) in [6, 6.07) is -1.74. The molecule has 3 saturated heterocycles. The number of carbonyl (C=O) groups is 3. The van der Waals surface area contributed by atoms with Gasteiger partial charge in [0.2, 0.25) is 0 Å². The largest absolute Gasteiger partial charge is 0.466 e. The number of likely N-dealkylation sites (tertiary alicyclic amines) is 1. The fourth-order valence-electron chi connectivity index (χ4n) is 5.26. The van der Waals surface area contributed by atoms with Crippen molar-refractivity contribution >= 4 is 33.9 Å². The SMILES string of the molecule is CCOC(=O)C[C@H]1NN(C(=O)[C@@H](NC(=O)OC(C)(C)C)[C@@H](c2coc(Br)n2)N2CCCC2)C2CC1C2. The number of oxazole rings is 1. The Hall–Kier alpha value is -2.18. The molecule has 2 bridgehead atoms. The van der Waals surface area contributed by atoms with Crippen molar-refractivity contribution in [3.8, 4) is 0 Å². The van der Waals surface area contributed by atoms with Crippen molar-refractivity contribution in [2.75, 3.05) is 19.7 Å². The molecule has 1 aliphatic carbocycles. The molecule has 0 radical (unpaired) electrons. The molecular weight excluding hydrogens is 534 g/mol. The normalized spacial score (nSPS) is 25.6. The minimum atomic E-state index is -0.983. The molecule has 200 valence electrons. The number of alkyl carbamates (subject to hydrolysis) is 1. The van der Waals surface area contributed by atoms with Gasteiger partial charge in [-0.05, 0) is 72.4 Å². The van der Waals surface area contributed by atoms with Crippen LogP contribution >= 0.6 is 15.9 Å². The van der Waals surface area contributed by atoms with Crippen LogP contribution in [-0.4, -0.2) is 76.3 Å². The van der Waals surface area contributed by atoms with E-state index in [9.17, 15) is 14.4 Å². The van der Waals surface area contributed by atoms with E-state index in [1.165, 1.54) is 6.26 Å². The number of esters is 1. The molecule has 12 heteroatoms. The second-order valence-corrected chi connectivity index (χ2v) is 11.4. The number of hydrogen-bond donors (Lipinski definition) is 2. The lowest BCUT2D eigenvalue weighted by atomic mass is 9.72. The van der Waals surface area contributed by atoms with Crippen molar-refractivity contribution in [2.24, 2.45) is 5.92 Å². The van der Waals surface area contributed by atoms with E-state index in [0.717, 1.165) is 38.8 Å². The van der Waals surface area contributed by atoms with Gasteiger partial charge in [-0.15, -0.1) is 0 Å². The van der Waals surface area contributed by atoms with Gasteiger partial charge >= 0.3 is 12.1 Å². The highest BCUT2D eigenvalue weighted by atomic mass is 79.9. The minimum absolute atomic E-state index is 0.00726. The highest BCUT2D eigenvalue weighted by Gasteiger charge is 2.50. The van der Waals surface area contributed by atoms with E-state index in [0.29, 0.717) is 23.0 Å². The Labute approximate surface area is 219 Å². The fourth-order valence-corrected chi connectivity index (χ4v) is 5.56. The van der Waals surface area contributed by atoms with Gasteiger partial charge in [0.05, 0.1) is 24.8 Å². The van der Waals surface area contributed by atoms with Crippen molar-refractivity contribution in [2.45, 2.75) is 89.6 Å². The molecule has 1 aromatic rings. The number of fused-ring (bicyclic) bond motifs is 2.